The van der Waals surface area contributed by atoms with Gasteiger partial charge < -0.3 is 0 Å². The van der Waals surface area contributed by atoms with E-state index in [1.807, 2.05) is 12.1 Å². The van der Waals surface area contributed by atoms with Gasteiger partial charge in [-0.1, -0.05) is 6.92 Å². The monoisotopic (exact) mass is 264 g/mol. The first-order chi connectivity index (χ1) is 8.53. The Labute approximate surface area is 106 Å². The van der Waals surface area contributed by atoms with E-state index in [1.54, 1.807) is 6.92 Å². The van der Waals surface area contributed by atoms with Crippen LogP contribution in [0.5, 0.6) is 0 Å². The number of rotatable bonds is 5. The summed E-state index contributed by atoms with van der Waals surface area (Å²) >= 11 is 0. The summed E-state index contributed by atoms with van der Waals surface area (Å²) in [5.41, 5.74) is 0.151. The molecule has 1 aromatic rings. The fraction of sp³-hybridized carbons (Fsp3) is 0.364. The van der Waals surface area contributed by atoms with Crippen molar-refractivity contribution in [3.63, 3.8) is 0 Å². The minimum absolute atomic E-state index is 0.0158. The Bertz CT molecular complexity index is 581. The molecule has 7 heteroatoms. The Balaban J connectivity index is 2.92. The van der Waals surface area contributed by atoms with Gasteiger partial charge in [-0.2, -0.15) is 10.5 Å². The molecule has 1 heterocycles. The molecule has 0 aliphatic carbocycles. The Morgan fingerprint density at radius 1 is 1.44 bits per heavy atom. The molecule has 0 amide bonds. The van der Waals surface area contributed by atoms with Crippen LogP contribution in [-0.4, -0.2) is 19.4 Å². The molecule has 6 nitrogen and oxygen atoms in total. The second-order valence-corrected chi connectivity index (χ2v) is 5.29. The summed E-state index contributed by atoms with van der Waals surface area (Å²) in [7, 11) is -3.69. The smallest absolute Gasteiger partial charge is 0.242 e. The van der Waals surface area contributed by atoms with Gasteiger partial charge in [-0.3, -0.25) is 0 Å². The van der Waals surface area contributed by atoms with E-state index in [4.69, 9.17) is 10.5 Å². The zero-order valence-corrected chi connectivity index (χ0v) is 10.6. The van der Waals surface area contributed by atoms with Gasteiger partial charge in [0.25, 0.3) is 0 Å². The lowest BCUT2D eigenvalue weighted by molar-refractivity contribution is 0.543. The Hall–Kier alpha value is -1.96. The number of nitriles is 2. The normalized spacial score (nSPS) is 12.4. The van der Waals surface area contributed by atoms with Gasteiger partial charge in [0.1, 0.15) is 16.7 Å². The van der Waals surface area contributed by atoms with Gasteiger partial charge in [-0.25, -0.2) is 18.1 Å². The van der Waals surface area contributed by atoms with Crippen LogP contribution in [0.4, 0.5) is 0 Å². The first-order valence-electron chi connectivity index (χ1n) is 5.29. The first-order valence-corrected chi connectivity index (χ1v) is 6.77. The molecular weight excluding hydrogens is 252 g/mol. The van der Waals surface area contributed by atoms with E-state index in [9.17, 15) is 8.42 Å². The van der Waals surface area contributed by atoms with Gasteiger partial charge in [0.15, 0.2) is 0 Å². The van der Waals surface area contributed by atoms with Crippen LogP contribution in [0.2, 0.25) is 0 Å². The summed E-state index contributed by atoms with van der Waals surface area (Å²) in [5, 5.41) is 17.1. The van der Waals surface area contributed by atoms with Crippen LogP contribution in [0.25, 0.3) is 0 Å². The highest BCUT2D eigenvalue weighted by Gasteiger charge is 2.19. The third kappa shape index (κ3) is 3.52. The van der Waals surface area contributed by atoms with Crippen molar-refractivity contribution in [3.8, 4) is 12.1 Å². The summed E-state index contributed by atoms with van der Waals surface area (Å²) in [4.78, 5) is 3.68. The van der Waals surface area contributed by atoms with E-state index in [0.29, 0.717) is 6.42 Å². The summed E-state index contributed by atoms with van der Waals surface area (Å²) in [6.45, 7) is 1.79. The molecule has 18 heavy (non-hydrogen) atoms. The van der Waals surface area contributed by atoms with E-state index in [-0.39, 0.29) is 17.0 Å². The maximum atomic E-state index is 11.9. The average molecular weight is 264 g/mol. The average Bonchev–Trinajstić information content (AvgIpc) is 2.38. The zero-order valence-electron chi connectivity index (χ0n) is 9.79. The van der Waals surface area contributed by atoms with Crippen molar-refractivity contribution in [2.75, 3.05) is 0 Å². The first kappa shape index (κ1) is 14.1. The molecule has 1 aromatic heterocycles. The van der Waals surface area contributed by atoms with E-state index < -0.39 is 16.1 Å². The van der Waals surface area contributed by atoms with Gasteiger partial charge in [0.05, 0.1) is 12.5 Å². The van der Waals surface area contributed by atoms with E-state index >= 15 is 0 Å². The number of nitrogens with one attached hydrogen (secondary N) is 1. The lowest BCUT2D eigenvalue weighted by Crippen LogP contribution is -2.34. The predicted octanol–water partition coefficient (Wildman–Crippen LogP) is 0.924. The SMILES string of the molecule is CCC(CC#N)NS(=O)(=O)c1ccc(C#N)nc1. The number of pyridine rings is 1. The largest absolute Gasteiger partial charge is 0.244 e. The van der Waals surface area contributed by atoms with E-state index in [1.165, 1.54) is 12.1 Å². The van der Waals surface area contributed by atoms with Crippen molar-refractivity contribution in [1.29, 1.82) is 10.5 Å². The van der Waals surface area contributed by atoms with Crippen LogP contribution in [0, 0.1) is 22.7 Å². The molecule has 1 rings (SSSR count). The summed E-state index contributed by atoms with van der Waals surface area (Å²) in [6, 6.07) is 5.96. The second kappa shape index (κ2) is 6.10. The minimum Gasteiger partial charge on any atom is -0.244 e. The molecule has 94 valence electrons. The fourth-order valence-electron chi connectivity index (χ4n) is 1.27. The third-order valence-electron chi connectivity index (χ3n) is 2.31. The number of hydrogen-bond donors (Lipinski definition) is 1. The van der Waals surface area contributed by atoms with Crippen molar-refractivity contribution in [3.05, 3.63) is 24.0 Å². The molecule has 0 aliphatic heterocycles. The van der Waals surface area contributed by atoms with E-state index in [2.05, 4.69) is 9.71 Å². The van der Waals surface area contributed by atoms with Gasteiger partial charge in [0, 0.05) is 12.2 Å². The van der Waals surface area contributed by atoms with Crippen LogP contribution in [-0.2, 0) is 10.0 Å². The molecule has 0 saturated carbocycles. The van der Waals surface area contributed by atoms with Crippen molar-refractivity contribution >= 4 is 10.0 Å². The maximum absolute atomic E-state index is 11.9. The summed E-state index contributed by atoms with van der Waals surface area (Å²) in [5.74, 6) is 0. The van der Waals surface area contributed by atoms with Crippen LogP contribution in [0.1, 0.15) is 25.5 Å². The highest BCUT2D eigenvalue weighted by atomic mass is 32.2. The van der Waals surface area contributed by atoms with Gasteiger partial charge in [-0.15, -0.1) is 0 Å². The fourth-order valence-corrected chi connectivity index (χ4v) is 2.54. The number of nitrogens with zero attached hydrogens (tertiary/aromatic N) is 3. The second-order valence-electron chi connectivity index (χ2n) is 3.58. The van der Waals surface area contributed by atoms with Gasteiger partial charge >= 0.3 is 0 Å². The molecule has 0 radical (unpaired) electrons. The molecule has 0 aliphatic rings. The highest BCUT2D eigenvalue weighted by Crippen LogP contribution is 2.10. The Morgan fingerprint density at radius 2 is 2.17 bits per heavy atom. The molecule has 0 saturated heterocycles. The topological polar surface area (TPSA) is 107 Å². The number of sulfonamides is 1. The molecule has 0 bridgehead atoms. The van der Waals surface area contributed by atoms with Crippen LogP contribution in [0.3, 0.4) is 0 Å². The highest BCUT2D eigenvalue weighted by molar-refractivity contribution is 7.89. The summed E-state index contributed by atoms with van der Waals surface area (Å²) < 4.78 is 26.3. The van der Waals surface area contributed by atoms with Crippen LogP contribution < -0.4 is 4.72 Å². The Kier molecular flexibility index (Phi) is 4.78. The minimum atomic E-state index is -3.69. The lowest BCUT2D eigenvalue weighted by atomic mass is 10.2. The molecular formula is C11H12N4O2S. The van der Waals surface area contributed by atoms with Crippen molar-refractivity contribution in [2.45, 2.75) is 30.7 Å². The van der Waals surface area contributed by atoms with Crippen molar-refractivity contribution in [2.24, 2.45) is 0 Å². The molecule has 1 unspecified atom stereocenters. The van der Waals surface area contributed by atoms with Gasteiger partial charge in [-0.05, 0) is 18.6 Å². The molecule has 0 fully saturated rings. The standard InChI is InChI=1S/C11H12N4O2S/c1-2-9(5-6-12)15-18(16,17)11-4-3-10(7-13)14-8-11/h3-4,8-9,15H,2,5H2,1H3. The molecule has 0 aromatic carbocycles. The quantitative estimate of drug-likeness (QED) is 0.851. The molecule has 1 atom stereocenters. The maximum Gasteiger partial charge on any atom is 0.242 e. The van der Waals surface area contributed by atoms with Crippen LogP contribution in [0.15, 0.2) is 23.2 Å². The van der Waals surface area contributed by atoms with Crippen molar-refractivity contribution < 1.29 is 8.42 Å². The van der Waals surface area contributed by atoms with E-state index in [0.717, 1.165) is 6.20 Å². The van der Waals surface area contributed by atoms with Gasteiger partial charge in [0.2, 0.25) is 10.0 Å². The Morgan fingerprint density at radius 3 is 2.61 bits per heavy atom. The third-order valence-corrected chi connectivity index (χ3v) is 3.82. The zero-order chi connectivity index (χ0) is 13.6. The number of aromatic nitrogens is 1. The predicted molar refractivity (Wildman–Crippen MR) is 63.6 cm³/mol. The van der Waals surface area contributed by atoms with Crippen LogP contribution >= 0.6 is 0 Å². The van der Waals surface area contributed by atoms with Crippen molar-refractivity contribution in [1.82, 2.24) is 9.71 Å². The molecule has 1 N–H and O–H groups in total. The molecule has 0 spiro atoms. The lowest BCUT2D eigenvalue weighted by Gasteiger charge is -2.13. The summed E-state index contributed by atoms with van der Waals surface area (Å²) in [6.07, 6.45) is 1.76. The number of hydrogen-bond acceptors (Lipinski definition) is 5.